The molecule has 6 heteroatoms. The van der Waals surface area contributed by atoms with Crippen LogP contribution in [-0.2, 0) is 11.2 Å². The molecule has 0 spiro atoms. The van der Waals surface area contributed by atoms with Crippen LogP contribution in [0.5, 0.6) is 0 Å². The monoisotopic (exact) mass is 202 g/mol. The van der Waals surface area contributed by atoms with Crippen molar-refractivity contribution in [3.63, 3.8) is 0 Å². The highest BCUT2D eigenvalue weighted by Gasteiger charge is 2.16. The maximum Gasteiger partial charge on any atom is 0.0821 e. The van der Waals surface area contributed by atoms with E-state index in [2.05, 4.69) is 15.0 Å². The lowest BCUT2D eigenvalue weighted by Crippen LogP contribution is -2.31. The number of aryl methyl sites for hydroxylation is 1. The summed E-state index contributed by atoms with van der Waals surface area (Å²) in [4.78, 5) is 1.06. The molecule has 1 heterocycles. The summed E-state index contributed by atoms with van der Waals surface area (Å²) in [5, 5.41) is 4.00. The average Bonchev–Trinajstić information content (AvgIpc) is 2.61. The second-order valence-corrected chi connectivity index (χ2v) is 3.40. The quantitative estimate of drug-likeness (QED) is 0.529. The van der Waals surface area contributed by atoms with Gasteiger partial charge in [0, 0.05) is 7.11 Å². The predicted molar refractivity (Wildman–Crippen MR) is 51.2 cm³/mol. The Morgan fingerprint density at radius 1 is 1.69 bits per heavy atom. The number of hydrogen-bond acceptors (Lipinski definition) is 6. The second kappa shape index (κ2) is 5.23. The molecule has 1 aromatic rings. The smallest absolute Gasteiger partial charge is 0.0821 e. The molecule has 74 valence electrons. The van der Waals surface area contributed by atoms with Crippen LogP contribution in [0.3, 0.4) is 0 Å². The zero-order valence-electron chi connectivity index (χ0n) is 7.78. The third-order valence-corrected chi connectivity index (χ3v) is 2.65. The van der Waals surface area contributed by atoms with Gasteiger partial charge in [-0.3, -0.25) is 5.84 Å². The fourth-order valence-corrected chi connectivity index (χ4v) is 1.87. The lowest BCUT2D eigenvalue weighted by Gasteiger charge is -2.12. The molecule has 0 saturated heterocycles. The topological polar surface area (TPSA) is 73.1 Å². The Kier molecular flexibility index (Phi) is 4.23. The fraction of sp³-hybridized carbons (Fsp3) is 0.714. The van der Waals surface area contributed by atoms with Gasteiger partial charge in [0.05, 0.1) is 23.2 Å². The minimum Gasteiger partial charge on any atom is -0.383 e. The molecule has 0 aliphatic carbocycles. The van der Waals surface area contributed by atoms with E-state index in [4.69, 9.17) is 10.6 Å². The van der Waals surface area contributed by atoms with Crippen LogP contribution in [0.25, 0.3) is 0 Å². The Hall–Kier alpha value is -0.560. The van der Waals surface area contributed by atoms with Crippen molar-refractivity contribution in [2.24, 2.45) is 5.84 Å². The van der Waals surface area contributed by atoms with Crippen molar-refractivity contribution in [3.8, 4) is 0 Å². The molecule has 3 N–H and O–H groups in total. The maximum atomic E-state index is 5.39. The van der Waals surface area contributed by atoms with Gasteiger partial charge in [-0.25, -0.2) is 5.43 Å². The van der Waals surface area contributed by atoms with Gasteiger partial charge >= 0.3 is 0 Å². The summed E-state index contributed by atoms with van der Waals surface area (Å²) in [6.07, 6.45) is 0.869. The number of methoxy groups -OCH3 is 1. The van der Waals surface area contributed by atoms with E-state index in [1.807, 2.05) is 6.92 Å². The fourth-order valence-electron chi connectivity index (χ4n) is 1.09. The molecule has 1 aromatic heterocycles. The Bertz CT molecular complexity index is 252. The molecule has 0 radical (unpaired) electrons. The van der Waals surface area contributed by atoms with Crippen molar-refractivity contribution in [1.82, 2.24) is 15.0 Å². The van der Waals surface area contributed by atoms with Gasteiger partial charge in [0.1, 0.15) is 0 Å². The molecule has 0 aliphatic heterocycles. The second-order valence-electron chi connectivity index (χ2n) is 2.61. The van der Waals surface area contributed by atoms with Gasteiger partial charge in [0.2, 0.25) is 0 Å². The summed E-state index contributed by atoms with van der Waals surface area (Å²) < 4.78 is 8.91. The first kappa shape index (κ1) is 10.5. The Labute approximate surface area is 81.4 Å². The third-order valence-electron chi connectivity index (χ3n) is 1.77. The van der Waals surface area contributed by atoms with E-state index < -0.39 is 0 Å². The zero-order valence-corrected chi connectivity index (χ0v) is 8.60. The van der Waals surface area contributed by atoms with Crippen LogP contribution in [0.15, 0.2) is 0 Å². The van der Waals surface area contributed by atoms with E-state index in [1.165, 1.54) is 11.5 Å². The first-order chi connectivity index (χ1) is 6.33. The number of hydrazine groups is 1. The highest BCUT2D eigenvalue weighted by Crippen LogP contribution is 2.20. The van der Waals surface area contributed by atoms with Crippen LogP contribution in [0.2, 0.25) is 0 Å². The lowest BCUT2D eigenvalue weighted by molar-refractivity contribution is 0.168. The molecule has 1 atom stereocenters. The minimum atomic E-state index is -0.0000463. The maximum absolute atomic E-state index is 5.39. The normalized spacial score (nSPS) is 13.2. The summed E-state index contributed by atoms with van der Waals surface area (Å²) in [5.74, 6) is 5.39. The Morgan fingerprint density at radius 2 is 2.46 bits per heavy atom. The van der Waals surface area contributed by atoms with Crippen molar-refractivity contribution in [1.29, 1.82) is 0 Å². The number of nitrogens with one attached hydrogen (secondary N) is 1. The zero-order chi connectivity index (χ0) is 9.68. The van der Waals surface area contributed by atoms with Gasteiger partial charge in [-0.05, 0) is 18.0 Å². The summed E-state index contributed by atoms with van der Waals surface area (Å²) >= 11 is 1.36. The van der Waals surface area contributed by atoms with Crippen LogP contribution in [0.4, 0.5) is 0 Å². The summed E-state index contributed by atoms with van der Waals surface area (Å²) in [6, 6.07) is -0.0000463. The number of aromatic nitrogens is 2. The van der Waals surface area contributed by atoms with Gasteiger partial charge in [-0.1, -0.05) is 11.4 Å². The van der Waals surface area contributed by atoms with Gasteiger partial charge in [-0.15, -0.1) is 5.10 Å². The van der Waals surface area contributed by atoms with E-state index in [1.54, 1.807) is 7.11 Å². The van der Waals surface area contributed by atoms with Crippen molar-refractivity contribution >= 4 is 11.5 Å². The number of ether oxygens (including phenoxy) is 1. The molecule has 1 unspecified atom stereocenters. The average molecular weight is 202 g/mol. The van der Waals surface area contributed by atoms with E-state index >= 15 is 0 Å². The molecule has 0 saturated carbocycles. The van der Waals surface area contributed by atoms with Crippen LogP contribution in [0, 0.1) is 0 Å². The molecule has 13 heavy (non-hydrogen) atoms. The van der Waals surface area contributed by atoms with E-state index in [0.717, 1.165) is 17.0 Å². The number of nitrogens with zero attached hydrogens (tertiary/aromatic N) is 2. The first-order valence-electron chi connectivity index (χ1n) is 4.09. The summed E-state index contributed by atoms with van der Waals surface area (Å²) in [7, 11) is 1.64. The van der Waals surface area contributed by atoms with Crippen molar-refractivity contribution in [2.45, 2.75) is 19.4 Å². The number of rotatable bonds is 5. The van der Waals surface area contributed by atoms with Crippen LogP contribution in [-0.4, -0.2) is 23.3 Å². The third kappa shape index (κ3) is 2.44. The molecule has 0 amide bonds. The van der Waals surface area contributed by atoms with Crippen molar-refractivity contribution < 1.29 is 4.74 Å². The highest BCUT2D eigenvalue weighted by atomic mass is 32.1. The predicted octanol–water partition coefficient (Wildman–Crippen LogP) is 0.251. The first-order valence-corrected chi connectivity index (χ1v) is 4.87. The molecular formula is C7H14N4OS. The van der Waals surface area contributed by atoms with Crippen LogP contribution in [0.1, 0.15) is 23.5 Å². The Balaban J connectivity index is 2.77. The van der Waals surface area contributed by atoms with Crippen LogP contribution < -0.4 is 11.3 Å². The summed E-state index contributed by atoms with van der Waals surface area (Å²) in [6.45, 7) is 2.58. The molecule has 0 fully saturated rings. The highest BCUT2D eigenvalue weighted by molar-refractivity contribution is 7.05. The standard InChI is InChI=1S/C7H14N4OS/c1-3-5-7(13-11-10-5)6(9-8)4-12-2/h6,9H,3-4,8H2,1-2H3. The van der Waals surface area contributed by atoms with E-state index in [-0.39, 0.29) is 6.04 Å². The van der Waals surface area contributed by atoms with Crippen molar-refractivity contribution in [3.05, 3.63) is 10.6 Å². The molecule has 0 bridgehead atoms. The van der Waals surface area contributed by atoms with E-state index in [0.29, 0.717) is 6.61 Å². The van der Waals surface area contributed by atoms with Crippen LogP contribution >= 0.6 is 11.5 Å². The lowest BCUT2D eigenvalue weighted by atomic mass is 10.2. The largest absolute Gasteiger partial charge is 0.383 e. The van der Waals surface area contributed by atoms with Gasteiger partial charge in [0.25, 0.3) is 0 Å². The SMILES string of the molecule is CCc1nnsc1C(COC)NN. The molecule has 0 aromatic carbocycles. The minimum absolute atomic E-state index is 0.0000463. The van der Waals surface area contributed by atoms with Gasteiger partial charge in [-0.2, -0.15) is 0 Å². The molecule has 0 aliphatic rings. The number of nitrogens with two attached hydrogens (primary N) is 1. The van der Waals surface area contributed by atoms with Gasteiger partial charge < -0.3 is 4.74 Å². The molecule has 1 rings (SSSR count). The number of hydrogen-bond donors (Lipinski definition) is 2. The summed E-state index contributed by atoms with van der Waals surface area (Å²) in [5.41, 5.74) is 3.68. The van der Waals surface area contributed by atoms with Crippen molar-refractivity contribution in [2.75, 3.05) is 13.7 Å². The van der Waals surface area contributed by atoms with E-state index in [9.17, 15) is 0 Å². The molecular weight excluding hydrogens is 188 g/mol. The molecule has 5 nitrogen and oxygen atoms in total. The van der Waals surface area contributed by atoms with Gasteiger partial charge in [0.15, 0.2) is 0 Å². The Morgan fingerprint density at radius 3 is 3.00 bits per heavy atom.